The highest BCUT2D eigenvalue weighted by Crippen LogP contribution is 2.26. The Bertz CT molecular complexity index is 707. The number of methoxy groups -OCH3 is 1. The van der Waals surface area contributed by atoms with Crippen molar-refractivity contribution in [3.05, 3.63) is 58.6 Å². The number of para-hydroxylation sites is 1. The van der Waals surface area contributed by atoms with E-state index >= 15 is 0 Å². The van der Waals surface area contributed by atoms with Crippen molar-refractivity contribution in [1.82, 2.24) is 0 Å². The molecule has 0 saturated heterocycles. The summed E-state index contributed by atoms with van der Waals surface area (Å²) in [6.07, 6.45) is 0. The summed E-state index contributed by atoms with van der Waals surface area (Å²) in [5, 5.41) is 9.34. The second-order valence-electron chi connectivity index (χ2n) is 4.14. The fraction of sp³-hybridized carbons (Fsp3) is 0.125. The van der Waals surface area contributed by atoms with Crippen LogP contribution < -0.4 is 9.47 Å². The number of rotatable bonds is 5. The van der Waals surface area contributed by atoms with E-state index < -0.39 is 0 Å². The second-order valence-corrected chi connectivity index (χ2v) is 4.54. The number of Topliss-reactive ketones (excluding diaryl/α,β-unsaturated/α-hetero) is 1. The summed E-state index contributed by atoms with van der Waals surface area (Å²) in [5.74, 6) is 0.530. The van der Waals surface area contributed by atoms with Crippen LogP contribution in [0.3, 0.4) is 0 Å². The average molecular weight is 302 g/mol. The zero-order valence-electron chi connectivity index (χ0n) is 11.3. The van der Waals surface area contributed by atoms with E-state index in [1.54, 1.807) is 42.5 Å². The van der Waals surface area contributed by atoms with Gasteiger partial charge in [0.2, 0.25) is 5.78 Å². The molecule has 0 aliphatic carbocycles. The van der Waals surface area contributed by atoms with E-state index in [9.17, 15) is 4.79 Å². The minimum atomic E-state index is -0.240. The van der Waals surface area contributed by atoms with Crippen molar-refractivity contribution in [2.75, 3.05) is 13.7 Å². The Morgan fingerprint density at radius 3 is 2.62 bits per heavy atom. The lowest BCUT2D eigenvalue weighted by Crippen LogP contribution is -2.13. The van der Waals surface area contributed by atoms with Gasteiger partial charge in [-0.1, -0.05) is 29.8 Å². The highest BCUT2D eigenvalue weighted by atomic mass is 35.5. The normalized spacial score (nSPS) is 9.76. The molecule has 0 fully saturated rings. The Balaban J connectivity index is 2.16. The smallest absolute Gasteiger partial charge is 0.203 e. The predicted molar refractivity (Wildman–Crippen MR) is 79.0 cm³/mol. The Morgan fingerprint density at radius 1 is 1.19 bits per heavy atom. The van der Waals surface area contributed by atoms with Crippen LogP contribution in [0.1, 0.15) is 15.9 Å². The van der Waals surface area contributed by atoms with Gasteiger partial charge in [0.25, 0.3) is 0 Å². The minimum Gasteiger partial charge on any atom is -0.496 e. The van der Waals surface area contributed by atoms with Crippen LogP contribution in [0, 0.1) is 11.3 Å². The zero-order valence-corrected chi connectivity index (χ0v) is 12.1. The molecule has 21 heavy (non-hydrogen) atoms. The second kappa shape index (κ2) is 6.78. The van der Waals surface area contributed by atoms with Crippen molar-refractivity contribution in [1.29, 1.82) is 5.26 Å². The van der Waals surface area contributed by atoms with Crippen LogP contribution in [0.25, 0.3) is 0 Å². The van der Waals surface area contributed by atoms with E-state index in [1.165, 1.54) is 7.11 Å². The molecule has 0 unspecified atom stereocenters. The number of ketones is 1. The third kappa shape index (κ3) is 3.33. The molecule has 0 bridgehead atoms. The maximum atomic E-state index is 12.2. The Morgan fingerprint density at radius 2 is 1.90 bits per heavy atom. The minimum absolute atomic E-state index is 0.199. The van der Waals surface area contributed by atoms with Crippen molar-refractivity contribution >= 4 is 17.4 Å². The summed E-state index contributed by atoms with van der Waals surface area (Å²) < 4.78 is 10.5. The molecule has 0 aliphatic rings. The summed E-state index contributed by atoms with van der Waals surface area (Å²) in [6, 6.07) is 13.7. The van der Waals surface area contributed by atoms with Crippen LogP contribution in [0.2, 0.25) is 5.02 Å². The number of carbonyl (C=O) groups is 1. The molecule has 0 spiro atoms. The van der Waals surface area contributed by atoms with Gasteiger partial charge < -0.3 is 9.47 Å². The van der Waals surface area contributed by atoms with Crippen LogP contribution in [-0.4, -0.2) is 19.5 Å². The number of hydrogen-bond acceptors (Lipinski definition) is 4. The molecular formula is C16H12ClNO3. The number of nitrogens with zero attached hydrogens (tertiary/aromatic N) is 1. The quantitative estimate of drug-likeness (QED) is 0.793. The molecule has 0 atom stereocenters. The molecule has 0 aromatic heterocycles. The van der Waals surface area contributed by atoms with E-state index in [0.717, 1.165) is 0 Å². The van der Waals surface area contributed by atoms with E-state index in [-0.39, 0.29) is 23.7 Å². The van der Waals surface area contributed by atoms with Crippen LogP contribution in [0.15, 0.2) is 42.5 Å². The summed E-state index contributed by atoms with van der Waals surface area (Å²) in [4.78, 5) is 12.2. The van der Waals surface area contributed by atoms with Crippen molar-refractivity contribution in [3.8, 4) is 17.6 Å². The zero-order chi connectivity index (χ0) is 15.2. The van der Waals surface area contributed by atoms with Gasteiger partial charge in [-0.3, -0.25) is 4.79 Å². The summed E-state index contributed by atoms with van der Waals surface area (Å²) in [7, 11) is 1.50. The molecule has 106 valence electrons. The number of nitriles is 1. The molecule has 2 aromatic rings. The van der Waals surface area contributed by atoms with Gasteiger partial charge in [-0.15, -0.1) is 0 Å². The number of ether oxygens (including phenoxy) is 2. The molecular weight excluding hydrogens is 290 g/mol. The SMILES string of the molecule is COc1ccccc1C(=O)COc1cccc(Cl)c1C#N. The first-order valence-electron chi connectivity index (χ1n) is 6.15. The van der Waals surface area contributed by atoms with Gasteiger partial charge in [0.15, 0.2) is 6.61 Å². The first-order chi connectivity index (χ1) is 10.2. The van der Waals surface area contributed by atoms with Crippen molar-refractivity contribution in [2.45, 2.75) is 0 Å². The molecule has 0 amide bonds. The standard InChI is InChI=1S/C16H12ClNO3/c1-20-15-7-3-2-5-11(15)14(19)10-21-16-8-4-6-13(17)12(16)9-18/h2-8H,10H2,1H3. The van der Waals surface area contributed by atoms with E-state index in [0.29, 0.717) is 16.3 Å². The van der Waals surface area contributed by atoms with Crippen molar-refractivity contribution < 1.29 is 14.3 Å². The molecule has 0 saturated carbocycles. The number of hydrogen-bond donors (Lipinski definition) is 0. The highest BCUT2D eigenvalue weighted by molar-refractivity contribution is 6.31. The van der Waals surface area contributed by atoms with Crippen molar-refractivity contribution in [2.24, 2.45) is 0 Å². The predicted octanol–water partition coefficient (Wildman–Crippen LogP) is 3.48. The molecule has 2 aromatic carbocycles. The van der Waals surface area contributed by atoms with Gasteiger partial charge in [0.05, 0.1) is 17.7 Å². The van der Waals surface area contributed by atoms with Gasteiger partial charge in [-0.05, 0) is 24.3 Å². The first kappa shape index (κ1) is 14.9. The summed E-state index contributed by atoms with van der Waals surface area (Å²) in [5.41, 5.74) is 0.646. The Kier molecular flexibility index (Phi) is 4.81. The first-order valence-corrected chi connectivity index (χ1v) is 6.52. The lowest BCUT2D eigenvalue weighted by atomic mass is 10.1. The van der Waals surface area contributed by atoms with Crippen LogP contribution in [0.5, 0.6) is 11.5 Å². The van der Waals surface area contributed by atoms with Gasteiger partial charge in [0, 0.05) is 0 Å². The fourth-order valence-electron chi connectivity index (χ4n) is 1.83. The Labute approximate surface area is 127 Å². The van der Waals surface area contributed by atoms with E-state index in [1.807, 2.05) is 6.07 Å². The van der Waals surface area contributed by atoms with Gasteiger partial charge >= 0.3 is 0 Å². The monoisotopic (exact) mass is 301 g/mol. The fourth-order valence-corrected chi connectivity index (χ4v) is 2.04. The maximum absolute atomic E-state index is 12.2. The molecule has 0 heterocycles. The largest absolute Gasteiger partial charge is 0.496 e. The van der Waals surface area contributed by atoms with Crippen LogP contribution >= 0.6 is 11.6 Å². The van der Waals surface area contributed by atoms with Gasteiger partial charge in [0.1, 0.15) is 23.1 Å². The maximum Gasteiger partial charge on any atom is 0.203 e. The lowest BCUT2D eigenvalue weighted by Gasteiger charge is -2.10. The van der Waals surface area contributed by atoms with E-state index in [2.05, 4.69) is 0 Å². The third-order valence-electron chi connectivity index (χ3n) is 2.85. The molecule has 0 N–H and O–H groups in total. The van der Waals surface area contributed by atoms with Crippen LogP contribution in [-0.2, 0) is 0 Å². The topological polar surface area (TPSA) is 59.3 Å². The third-order valence-corrected chi connectivity index (χ3v) is 3.17. The molecule has 2 rings (SSSR count). The summed E-state index contributed by atoms with van der Waals surface area (Å²) in [6.45, 7) is -0.199. The number of halogens is 1. The number of carbonyl (C=O) groups excluding carboxylic acids is 1. The average Bonchev–Trinajstić information content (AvgIpc) is 2.52. The molecule has 0 radical (unpaired) electrons. The van der Waals surface area contributed by atoms with E-state index in [4.69, 9.17) is 26.3 Å². The number of benzene rings is 2. The Hall–Kier alpha value is -2.51. The highest BCUT2D eigenvalue weighted by Gasteiger charge is 2.14. The van der Waals surface area contributed by atoms with Crippen molar-refractivity contribution in [3.63, 3.8) is 0 Å². The van der Waals surface area contributed by atoms with Crippen LogP contribution in [0.4, 0.5) is 0 Å². The van der Waals surface area contributed by atoms with Gasteiger partial charge in [-0.25, -0.2) is 0 Å². The molecule has 4 nitrogen and oxygen atoms in total. The molecule has 5 heteroatoms. The van der Waals surface area contributed by atoms with Gasteiger partial charge in [-0.2, -0.15) is 5.26 Å². The lowest BCUT2D eigenvalue weighted by molar-refractivity contribution is 0.0918. The molecule has 0 aliphatic heterocycles. The summed E-state index contributed by atoms with van der Waals surface area (Å²) >= 11 is 5.90.